The molecule has 0 bridgehead atoms. The third kappa shape index (κ3) is 4.21. The van der Waals surface area contributed by atoms with Crippen molar-refractivity contribution in [3.05, 3.63) is 16.7 Å². The standard InChI is InChI=1S/C9H14N5O6PS/c10-9-12-7-6(8(16)13-9)11-3-14(7)20-2-5(1-15)22-4-21(17,18)19/h3,5,15H,1-2,4H2,(H2,17,18,19)(H3,10,12,13,16)/t5-/m1/s1. The highest BCUT2D eigenvalue weighted by Crippen LogP contribution is 2.39. The Kier molecular flexibility index (Phi) is 5.08. The van der Waals surface area contributed by atoms with Gasteiger partial charge in [-0.1, -0.05) is 0 Å². The summed E-state index contributed by atoms with van der Waals surface area (Å²) in [6, 6.07) is 0. The minimum atomic E-state index is -4.17. The lowest BCUT2D eigenvalue weighted by molar-refractivity contribution is 0.106. The van der Waals surface area contributed by atoms with Gasteiger partial charge in [0.05, 0.1) is 17.4 Å². The van der Waals surface area contributed by atoms with Crippen LogP contribution in [0.4, 0.5) is 5.95 Å². The number of nitrogens with one attached hydrogen (secondary N) is 1. The fraction of sp³-hybridized carbons (Fsp3) is 0.444. The maximum absolute atomic E-state index is 11.6. The first-order valence-electron chi connectivity index (χ1n) is 5.93. The fourth-order valence-electron chi connectivity index (χ4n) is 1.52. The number of nitrogens with two attached hydrogens (primary N) is 1. The van der Waals surface area contributed by atoms with Crippen LogP contribution in [0.1, 0.15) is 0 Å². The molecular weight excluding hydrogens is 337 g/mol. The van der Waals surface area contributed by atoms with Crippen molar-refractivity contribution in [3.63, 3.8) is 0 Å². The summed E-state index contributed by atoms with van der Waals surface area (Å²) in [5.74, 6) is -0.0996. The summed E-state index contributed by atoms with van der Waals surface area (Å²) in [6.07, 6.45) is 1.22. The number of thioether (sulfide) groups is 1. The number of nitrogens with zero attached hydrogens (tertiary/aromatic N) is 3. The molecule has 0 aliphatic carbocycles. The van der Waals surface area contributed by atoms with Gasteiger partial charge in [0.25, 0.3) is 5.56 Å². The Bertz CT molecular complexity index is 757. The molecule has 0 saturated carbocycles. The molecule has 0 aliphatic heterocycles. The second-order valence-electron chi connectivity index (χ2n) is 4.25. The monoisotopic (exact) mass is 351 g/mol. The highest BCUT2D eigenvalue weighted by atomic mass is 32.2. The Hall–Kier alpha value is -1.59. The number of aliphatic hydroxyl groups excluding tert-OH is 1. The molecule has 22 heavy (non-hydrogen) atoms. The number of hydrogen-bond donors (Lipinski definition) is 5. The molecule has 0 spiro atoms. The molecule has 6 N–H and O–H groups in total. The zero-order chi connectivity index (χ0) is 16.3. The summed E-state index contributed by atoms with van der Waals surface area (Å²) in [4.78, 5) is 44.5. The van der Waals surface area contributed by atoms with Crippen molar-refractivity contribution < 1.29 is 24.3 Å². The van der Waals surface area contributed by atoms with Gasteiger partial charge in [0, 0.05) is 0 Å². The van der Waals surface area contributed by atoms with Crippen LogP contribution >= 0.6 is 19.4 Å². The van der Waals surface area contributed by atoms with Gasteiger partial charge in [-0.05, 0) is 0 Å². The predicted octanol–water partition coefficient (Wildman–Crippen LogP) is -1.64. The van der Waals surface area contributed by atoms with Crippen LogP contribution in [0.2, 0.25) is 0 Å². The summed E-state index contributed by atoms with van der Waals surface area (Å²) < 4.78 is 11.9. The minimum Gasteiger partial charge on any atom is -0.410 e. The van der Waals surface area contributed by atoms with Crippen LogP contribution in [-0.2, 0) is 4.57 Å². The van der Waals surface area contributed by atoms with Crippen LogP contribution in [0.5, 0.6) is 0 Å². The zero-order valence-electron chi connectivity index (χ0n) is 11.1. The van der Waals surface area contributed by atoms with E-state index in [1.54, 1.807) is 0 Å². The van der Waals surface area contributed by atoms with Crippen molar-refractivity contribution in [2.24, 2.45) is 0 Å². The molecule has 11 nitrogen and oxygen atoms in total. The normalized spacial score (nSPS) is 13.4. The molecule has 1 atom stereocenters. The largest absolute Gasteiger partial charge is 0.410 e. The number of aromatic nitrogens is 4. The maximum atomic E-state index is 11.6. The summed E-state index contributed by atoms with van der Waals surface area (Å²) in [7, 11) is -4.17. The van der Waals surface area contributed by atoms with E-state index in [-0.39, 0.29) is 30.3 Å². The quantitative estimate of drug-likeness (QED) is 0.363. The number of nitrogen functional groups attached to an aromatic ring is 1. The molecular formula is C9H14N5O6PS. The SMILES string of the molecule is Nc1nc2c(ncn2OC[C@@H](CO)SCP(=O)(O)O)c(=O)[nH]1. The van der Waals surface area contributed by atoms with Gasteiger partial charge in [-0.15, -0.1) is 11.8 Å². The van der Waals surface area contributed by atoms with Crippen LogP contribution in [0, 0.1) is 0 Å². The third-order valence-corrected chi connectivity index (χ3v) is 5.18. The number of fused-ring (bicyclic) bond motifs is 1. The first-order chi connectivity index (χ1) is 10.3. The van der Waals surface area contributed by atoms with Crippen molar-refractivity contribution in [2.75, 3.05) is 24.4 Å². The molecule has 122 valence electrons. The first kappa shape index (κ1) is 16.8. The van der Waals surface area contributed by atoms with E-state index < -0.39 is 23.9 Å². The van der Waals surface area contributed by atoms with E-state index in [2.05, 4.69) is 15.0 Å². The lowest BCUT2D eigenvalue weighted by Crippen LogP contribution is -2.25. The van der Waals surface area contributed by atoms with Crippen LogP contribution in [0.3, 0.4) is 0 Å². The lowest BCUT2D eigenvalue weighted by atomic mass is 10.5. The summed E-state index contributed by atoms with van der Waals surface area (Å²) in [5.41, 5.74) is 4.64. The Labute approximate surface area is 127 Å². The smallest absolute Gasteiger partial charge is 0.335 e. The molecule has 0 aliphatic rings. The zero-order valence-corrected chi connectivity index (χ0v) is 12.8. The van der Waals surface area contributed by atoms with Gasteiger partial charge in [0.2, 0.25) is 11.6 Å². The Balaban J connectivity index is 2.07. The highest BCUT2D eigenvalue weighted by molar-refractivity contribution is 8.04. The molecule has 0 aromatic carbocycles. The topological polar surface area (TPSA) is 177 Å². The van der Waals surface area contributed by atoms with E-state index in [1.165, 1.54) is 6.33 Å². The van der Waals surface area contributed by atoms with E-state index in [0.717, 1.165) is 16.5 Å². The van der Waals surface area contributed by atoms with Crippen LogP contribution in [-0.4, -0.2) is 58.5 Å². The van der Waals surface area contributed by atoms with E-state index in [1.807, 2.05) is 0 Å². The van der Waals surface area contributed by atoms with Crippen molar-refractivity contribution in [2.45, 2.75) is 5.25 Å². The summed E-state index contributed by atoms with van der Waals surface area (Å²) in [5, 5.41) is 8.62. The molecule has 0 saturated heterocycles. The summed E-state index contributed by atoms with van der Waals surface area (Å²) >= 11 is 0.877. The van der Waals surface area contributed by atoms with Gasteiger partial charge < -0.3 is 25.5 Å². The van der Waals surface area contributed by atoms with E-state index in [0.29, 0.717) is 0 Å². The number of hydrogen-bond acceptors (Lipinski definition) is 8. The van der Waals surface area contributed by atoms with Crippen molar-refractivity contribution in [1.29, 1.82) is 0 Å². The number of rotatable bonds is 7. The number of aromatic amines is 1. The van der Waals surface area contributed by atoms with Gasteiger partial charge in [-0.25, -0.2) is 4.98 Å². The van der Waals surface area contributed by atoms with Gasteiger partial charge >= 0.3 is 7.60 Å². The molecule has 13 heteroatoms. The van der Waals surface area contributed by atoms with Gasteiger partial charge in [0.15, 0.2) is 5.52 Å². The second kappa shape index (κ2) is 6.67. The average Bonchev–Trinajstić information content (AvgIpc) is 2.81. The average molecular weight is 351 g/mol. The molecule has 2 aromatic heterocycles. The number of imidazole rings is 1. The molecule has 2 aromatic rings. The van der Waals surface area contributed by atoms with Gasteiger partial charge in [-0.3, -0.25) is 14.3 Å². The lowest BCUT2D eigenvalue weighted by Gasteiger charge is -2.15. The van der Waals surface area contributed by atoms with Crippen molar-refractivity contribution >= 4 is 36.5 Å². The Morgan fingerprint density at radius 3 is 2.91 bits per heavy atom. The predicted molar refractivity (Wildman–Crippen MR) is 79.4 cm³/mol. The first-order valence-corrected chi connectivity index (χ1v) is 8.78. The van der Waals surface area contributed by atoms with E-state index >= 15 is 0 Å². The minimum absolute atomic E-state index is 0.0395. The fourth-order valence-corrected chi connectivity index (χ4v) is 3.40. The molecule has 0 amide bonds. The van der Waals surface area contributed by atoms with E-state index in [9.17, 15) is 14.5 Å². The Morgan fingerprint density at radius 2 is 2.27 bits per heavy atom. The van der Waals surface area contributed by atoms with Crippen molar-refractivity contribution in [1.82, 2.24) is 19.7 Å². The summed E-state index contributed by atoms with van der Waals surface area (Å²) in [6.45, 7) is -0.408. The van der Waals surface area contributed by atoms with Gasteiger partial charge in [0.1, 0.15) is 12.9 Å². The number of anilines is 1. The van der Waals surface area contributed by atoms with E-state index in [4.69, 9.17) is 20.4 Å². The van der Waals surface area contributed by atoms with Gasteiger partial charge in [-0.2, -0.15) is 9.71 Å². The number of aliphatic hydroxyl groups is 1. The molecule has 2 heterocycles. The second-order valence-corrected chi connectivity index (χ2v) is 7.62. The van der Waals surface area contributed by atoms with Crippen molar-refractivity contribution in [3.8, 4) is 0 Å². The third-order valence-electron chi connectivity index (χ3n) is 2.48. The number of H-pyrrole nitrogens is 1. The van der Waals surface area contributed by atoms with Crippen LogP contribution in [0.15, 0.2) is 11.1 Å². The Morgan fingerprint density at radius 1 is 1.55 bits per heavy atom. The highest BCUT2D eigenvalue weighted by Gasteiger charge is 2.19. The molecule has 0 unspecified atom stereocenters. The molecule has 0 radical (unpaired) electrons. The molecule has 2 rings (SSSR count). The maximum Gasteiger partial charge on any atom is 0.335 e. The van der Waals surface area contributed by atoms with Crippen LogP contribution < -0.4 is 16.1 Å². The van der Waals surface area contributed by atoms with Crippen LogP contribution in [0.25, 0.3) is 11.2 Å². The molecule has 0 fully saturated rings.